The second kappa shape index (κ2) is 9.61. The number of anilines is 2. The Kier molecular flexibility index (Phi) is 6.70. The normalized spacial score (nSPS) is 10.2. The summed E-state index contributed by atoms with van der Waals surface area (Å²) in [4.78, 5) is 40.5. The van der Waals surface area contributed by atoms with Crippen molar-refractivity contribution in [1.29, 1.82) is 0 Å². The lowest BCUT2D eigenvalue weighted by Crippen LogP contribution is -2.14. The van der Waals surface area contributed by atoms with Crippen LogP contribution in [0.2, 0.25) is 0 Å². The minimum Gasteiger partial charge on any atom is -0.466 e. The predicted molar refractivity (Wildman–Crippen MR) is 111 cm³/mol. The molecule has 0 fully saturated rings. The molecule has 3 rings (SSSR count). The Labute approximate surface area is 171 Å². The number of amides is 2. The zero-order valence-electron chi connectivity index (χ0n) is 15.7. The van der Waals surface area contributed by atoms with Crippen LogP contribution in [0.4, 0.5) is 10.8 Å². The van der Waals surface area contributed by atoms with Crippen LogP contribution >= 0.6 is 11.3 Å². The topological polar surface area (TPSA) is 97.4 Å². The smallest absolute Gasteiger partial charge is 0.311 e. The van der Waals surface area contributed by atoms with Gasteiger partial charge >= 0.3 is 5.97 Å². The van der Waals surface area contributed by atoms with Gasteiger partial charge in [-0.25, -0.2) is 4.98 Å². The molecule has 0 aliphatic carbocycles. The van der Waals surface area contributed by atoms with Gasteiger partial charge in [0.15, 0.2) is 5.13 Å². The number of thiazole rings is 1. The number of ether oxygens (including phenoxy) is 1. The second-order valence-electron chi connectivity index (χ2n) is 5.98. The van der Waals surface area contributed by atoms with Crippen LogP contribution in [0.5, 0.6) is 0 Å². The van der Waals surface area contributed by atoms with E-state index in [2.05, 4.69) is 15.6 Å². The molecular formula is C21H19N3O4S. The number of nitrogens with zero attached hydrogens (tertiary/aromatic N) is 1. The van der Waals surface area contributed by atoms with Crippen molar-refractivity contribution in [3.63, 3.8) is 0 Å². The number of rotatable bonds is 7. The van der Waals surface area contributed by atoms with Crippen LogP contribution in [-0.4, -0.2) is 29.4 Å². The monoisotopic (exact) mass is 409 g/mol. The largest absolute Gasteiger partial charge is 0.466 e. The fourth-order valence-corrected chi connectivity index (χ4v) is 3.21. The first-order valence-electron chi connectivity index (χ1n) is 8.93. The number of carbonyl (C=O) groups is 3. The molecule has 0 saturated heterocycles. The van der Waals surface area contributed by atoms with Gasteiger partial charge in [-0.15, -0.1) is 11.3 Å². The van der Waals surface area contributed by atoms with Gasteiger partial charge in [0.1, 0.15) is 0 Å². The summed E-state index contributed by atoms with van der Waals surface area (Å²) in [5.41, 5.74) is 1.94. The Morgan fingerprint density at radius 3 is 2.45 bits per heavy atom. The Morgan fingerprint density at radius 2 is 1.69 bits per heavy atom. The van der Waals surface area contributed by atoms with Crippen LogP contribution in [0.15, 0.2) is 60.0 Å². The lowest BCUT2D eigenvalue weighted by atomic mass is 10.1. The predicted octanol–water partition coefficient (Wildman–Crippen LogP) is 3.75. The number of hydrogen-bond acceptors (Lipinski definition) is 6. The molecule has 8 heteroatoms. The minimum atomic E-state index is -0.363. The third-order valence-electron chi connectivity index (χ3n) is 3.82. The van der Waals surface area contributed by atoms with Crippen LogP contribution < -0.4 is 10.6 Å². The van der Waals surface area contributed by atoms with Gasteiger partial charge in [-0.2, -0.15) is 0 Å². The Balaban J connectivity index is 1.63. The van der Waals surface area contributed by atoms with Crippen LogP contribution in [-0.2, 0) is 16.0 Å². The lowest BCUT2D eigenvalue weighted by Gasteiger charge is -2.07. The van der Waals surface area contributed by atoms with Crippen molar-refractivity contribution < 1.29 is 19.1 Å². The molecule has 3 aromatic rings. The Bertz CT molecular complexity index is 1020. The van der Waals surface area contributed by atoms with Crippen molar-refractivity contribution in [2.75, 3.05) is 17.2 Å². The van der Waals surface area contributed by atoms with E-state index in [1.165, 1.54) is 11.3 Å². The molecule has 0 unspecified atom stereocenters. The zero-order chi connectivity index (χ0) is 20.6. The Hall–Kier alpha value is -3.52. The Morgan fingerprint density at radius 1 is 0.966 bits per heavy atom. The molecule has 0 aliphatic rings. The summed E-state index contributed by atoms with van der Waals surface area (Å²) in [6, 6.07) is 15.4. The number of hydrogen-bond donors (Lipinski definition) is 2. The maximum Gasteiger partial charge on any atom is 0.311 e. The van der Waals surface area contributed by atoms with Crippen LogP contribution in [0.25, 0.3) is 0 Å². The average molecular weight is 409 g/mol. The molecule has 2 N–H and O–H groups in total. The summed E-state index contributed by atoms with van der Waals surface area (Å²) in [5.74, 6) is -0.984. The van der Waals surface area contributed by atoms with Crippen molar-refractivity contribution in [2.24, 2.45) is 0 Å². The molecule has 0 radical (unpaired) electrons. The third-order valence-corrected chi connectivity index (χ3v) is 4.63. The minimum absolute atomic E-state index is 0.0568. The van der Waals surface area contributed by atoms with Crippen molar-refractivity contribution >= 4 is 39.9 Å². The maximum atomic E-state index is 12.5. The van der Waals surface area contributed by atoms with E-state index < -0.39 is 0 Å². The number of aromatic nitrogens is 1. The van der Waals surface area contributed by atoms with E-state index in [1.807, 2.05) is 6.07 Å². The average Bonchev–Trinajstić information content (AvgIpc) is 3.15. The molecule has 29 heavy (non-hydrogen) atoms. The molecular weight excluding hydrogens is 390 g/mol. The standard InChI is InChI=1S/C21H19N3O4S/c1-2-28-18(25)12-17-13-29-21(23-17)24-20(27)15-9-6-10-16(11-15)22-19(26)14-7-4-3-5-8-14/h3-11,13H,2,12H2,1H3,(H,22,26)(H,23,24,27). The fourth-order valence-electron chi connectivity index (χ4n) is 2.51. The molecule has 0 bridgehead atoms. The van der Waals surface area contributed by atoms with Gasteiger partial charge in [0.25, 0.3) is 11.8 Å². The summed E-state index contributed by atoms with van der Waals surface area (Å²) < 4.78 is 4.89. The van der Waals surface area contributed by atoms with Crippen LogP contribution in [0.1, 0.15) is 33.3 Å². The van der Waals surface area contributed by atoms with E-state index in [0.29, 0.717) is 34.2 Å². The maximum absolute atomic E-state index is 12.5. The fraction of sp³-hybridized carbons (Fsp3) is 0.143. The van der Waals surface area contributed by atoms with Crippen LogP contribution in [0, 0.1) is 0 Å². The highest BCUT2D eigenvalue weighted by molar-refractivity contribution is 7.14. The SMILES string of the molecule is CCOC(=O)Cc1csc(NC(=O)c2cccc(NC(=O)c3ccccc3)c2)n1. The van der Waals surface area contributed by atoms with E-state index >= 15 is 0 Å². The summed E-state index contributed by atoms with van der Waals surface area (Å²) in [6.45, 7) is 2.05. The molecule has 0 atom stereocenters. The first kappa shape index (κ1) is 20.2. The first-order chi connectivity index (χ1) is 14.0. The van der Waals surface area contributed by atoms with Gasteiger partial charge in [-0.3, -0.25) is 19.7 Å². The van der Waals surface area contributed by atoms with Crippen molar-refractivity contribution in [1.82, 2.24) is 4.98 Å². The van der Waals surface area contributed by atoms with E-state index in [1.54, 1.807) is 60.8 Å². The van der Waals surface area contributed by atoms with Crippen LogP contribution in [0.3, 0.4) is 0 Å². The van der Waals surface area contributed by atoms with Gasteiger partial charge in [-0.05, 0) is 37.3 Å². The van der Waals surface area contributed by atoms with E-state index in [0.717, 1.165) is 0 Å². The molecule has 2 amide bonds. The number of benzene rings is 2. The molecule has 2 aromatic carbocycles. The van der Waals surface area contributed by atoms with Gasteiger partial charge in [-0.1, -0.05) is 24.3 Å². The van der Waals surface area contributed by atoms with Crippen molar-refractivity contribution in [3.05, 3.63) is 76.8 Å². The number of nitrogens with one attached hydrogen (secondary N) is 2. The molecule has 0 aliphatic heterocycles. The van der Waals surface area contributed by atoms with E-state index in [4.69, 9.17) is 4.74 Å². The molecule has 0 spiro atoms. The first-order valence-corrected chi connectivity index (χ1v) is 9.81. The highest BCUT2D eigenvalue weighted by Crippen LogP contribution is 2.19. The lowest BCUT2D eigenvalue weighted by molar-refractivity contribution is -0.142. The molecule has 1 heterocycles. The summed E-state index contributed by atoms with van der Waals surface area (Å²) in [5, 5.41) is 7.55. The summed E-state index contributed by atoms with van der Waals surface area (Å²) in [6.07, 6.45) is 0.0568. The third kappa shape index (κ3) is 5.73. The quantitative estimate of drug-likeness (QED) is 0.579. The summed E-state index contributed by atoms with van der Waals surface area (Å²) in [7, 11) is 0. The van der Waals surface area contributed by atoms with Gasteiger partial charge < -0.3 is 10.1 Å². The highest BCUT2D eigenvalue weighted by Gasteiger charge is 2.13. The highest BCUT2D eigenvalue weighted by atomic mass is 32.1. The second-order valence-corrected chi connectivity index (χ2v) is 6.84. The van der Waals surface area contributed by atoms with E-state index in [9.17, 15) is 14.4 Å². The van der Waals surface area contributed by atoms with Crippen molar-refractivity contribution in [2.45, 2.75) is 13.3 Å². The molecule has 148 valence electrons. The van der Waals surface area contributed by atoms with Gasteiger partial charge in [0, 0.05) is 22.2 Å². The molecule has 0 saturated carbocycles. The van der Waals surface area contributed by atoms with Gasteiger partial charge in [0.05, 0.1) is 18.7 Å². The number of carbonyl (C=O) groups excluding carboxylic acids is 3. The van der Waals surface area contributed by atoms with Crippen molar-refractivity contribution in [3.8, 4) is 0 Å². The summed E-state index contributed by atoms with van der Waals surface area (Å²) >= 11 is 1.22. The zero-order valence-corrected chi connectivity index (χ0v) is 16.5. The van der Waals surface area contributed by atoms with Gasteiger partial charge in [0.2, 0.25) is 0 Å². The number of esters is 1. The molecule has 1 aromatic heterocycles. The van der Waals surface area contributed by atoms with E-state index in [-0.39, 0.29) is 24.2 Å². The molecule has 7 nitrogen and oxygen atoms in total.